The highest BCUT2D eigenvalue weighted by atomic mass is 16.5. The molecular formula is C25H24N2O3. The number of hydrogen-bond acceptors (Lipinski definition) is 3. The van der Waals surface area contributed by atoms with E-state index in [4.69, 9.17) is 4.74 Å². The van der Waals surface area contributed by atoms with E-state index in [-0.39, 0.29) is 23.9 Å². The number of amides is 2. The number of methoxy groups -OCH3 is 1. The van der Waals surface area contributed by atoms with Crippen LogP contribution in [-0.2, 0) is 16.0 Å². The molecule has 2 saturated heterocycles. The van der Waals surface area contributed by atoms with Gasteiger partial charge < -0.3 is 14.5 Å². The Bertz CT molecular complexity index is 1150. The standard InChI is InChI=1S/C25H24N2O3/c1-16-10-11-23(30-2)21(12-16)27-19-14-22(25(27)29)26(15-19)24(28)13-18-8-5-7-17-6-3-4-9-20(17)18/h3-12,19,22H,13-15H2,1-2H3/t19-,22-/m0/s1. The third-order valence-corrected chi connectivity index (χ3v) is 6.30. The predicted molar refractivity (Wildman–Crippen MR) is 117 cm³/mol. The Hall–Kier alpha value is -3.34. The van der Waals surface area contributed by atoms with Crippen molar-refractivity contribution in [2.75, 3.05) is 18.6 Å². The monoisotopic (exact) mass is 400 g/mol. The van der Waals surface area contributed by atoms with Crippen LogP contribution in [0.5, 0.6) is 5.75 Å². The molecule has 2 aliphatic heterocycles. The number of benzene rings is 3. The van der Waals surface area contributed by atoms with Crippen LogP contribution in [0.15, 0.2) is 60.7 Å². The second-order valence-electron chi connectivity index (χ2n) is 8.15. The number of anilines is 1. The predicted octanol–water partition coefficient (Wildman–Crippen LogP) is 3.72. The van der Waals surface area contributed by atoms with Crippen LogP contribution in [0, 0.1) is 6.92 Å². The number of hydrogen-bond donors (Lipinski definition) is 0. The van der Waals surface area contributed by atoms with Crippen molar-refractivity contribution in [1.82, 2.24) is 4.90 Å². The van der Waals surface area contributed by atoms with Gasteiger partial charge in [-0.2, -0.15) is 0 Å². The van der Waals surface area contributed by atoms with Gasteiger partial charge in [-0.25, -0.2) is 0 Å². The second kappa shape index (κ2) is 7.17. The first kappa shape index (κ1) is 18.7. The zero-order valence-electron chi connectivity index (χ0n) is 17.2. The van der Waals surface area contributed by atoms with Gasteiger partial charge in [-0.3, -0.25) is 9.59 Å². The molecule has 5 rings (SSSR count). The van der Waals surface area contributed by atoms with E-state index in [1.165, 1.54) is 0 Å². The lowest BCUT2D eigenvalue weighted by molar-refractivity contribution is -0.137. The van der Waals surface area contributed by atoms with Crippen LogP contribution in [-0.4, -0.2) is 42.5 Å². The largest absolute Gasteiger partial charge is 0.495 e. The molecular weight excluding hydrogens is 376 g/mol. The Morgan fingerprint density at radius 1 is 1.10 bits per heavy atom. The van der Waals surface area contributed by atoms with Crippen LogP contribution in [0.1, 0.15) is 17.5 Å². The van der Waals surface area contributed by atoms with Crippen LogP contribution < -0.4 is 9.64 Å². The first-order chi connectivity index (χ1) is 14.6. The molecule has 5 nitrogen and oxygen atoms in total. The zero-order valence-corrected chi connectivity index (χ0v) is 17.2. The molecule has 152 valence electrons. The summed E-state index contributed by atoms with van der Waals surface area (Å²) < 4.78 is 5.49. The van der Waals surface area contributed by atoms with Crippen molar-refractivity contribution in [2.45, 2.75) is 31.8 Å². The van der Waals surface area contributed by atoms with Gasteiger partial charge in [0, 0.05) is 6.54 Å². The maximum atomic E-state index is 13.2. The molecule has 0 N–H and O–H groups in total. The normalized spacial score (nSPS) is 20.3. The van der Waals surface area contributed by atoms with E-state index in [0.29, 0.717) is 25.1 Å². The molecule has 0 radical (unpaired) electrons. The van der Waals surface area contributed by atoms with Gasteiger partial charge in [0.15, 0.2) is 0 Å². The minimum Gasteiger partial charge on any atom is -0.495 e. The van der Waals surface area contributed by atoms with Crippen LogP contribution in [0.25, 0.3) is 10.8 Å². The maximum absolute atomic E-state index is 13.2. The van der Waals surface area contributed by atoms with E-state index in [9.17, 15) is 9.59 Å². The number of nitrogens with zero attached hydrogens (tertiary/aromatic N) is 2. The van der Waals surface area contributed by atoms with Crippen LogP contribution in [0.4, 0.5) is 5.69 Å². The summed E-state index contributed by atoms with van der Waals surface area (Å²) in [6, 6.07) is 19.6. The van der Waals surface area contributed by atoms with Gasteiger partial charge in [-0.1, -0.05) is 48.5 Å². The highest BCUT2D eigenvalue weighted by Crippen LogP contribution is 2.40. The van der Waals surface area contributed by atoms with Gasteiger partial charge in [-0.05, 0) is 47.4 Å². The van der Waals surface area contributed by atoms with Crippen molar-refractivity contribution < 1.29 is 14.3 Å². The highest BCUT2D eigenvalue weighted by Gasteiger charge is 2.52. The lowest BCUT2D eigenvalue weighted by Crippen LogP contribution is -2.53. The summed E-state index contributed by atoms with van der Waals surface area (Å²) in [5.74, 6) is 0.694. The minimum atomic E-state index is -0.386. The van der Waals surface area contributed by atoms with Crippen LogP contribution in [0.3, 0.4) is 0 Å². The van der Waals surface area contributed by atoms with Gasteiger partial charge in [0.1, 0.15) is 11.8 Å². The molecule has 2 atom stereocenters. The summed E-state index contributed by atoms with van der Waals surface area (Å²) in [4.78, 5) is 30.0. The molecule has 5 heteroatoms. The summed E-state index contributed by atoms with van der Waals surface area (Å²) in [6.07, 6.45) is 0.989. The van der Waals surface area contributed by atoms with Gasteiger partial charge in [-0.15, -0.1) is 0 Å². The number of aryl methyl sites for hydroxylation is 1. The lowest BCUT2D eigenvalue weighted by Gasteiger charge is -2.34. The first-order valence-electron chi connectivity index (χ1n) is 10.3. The van der Waals surface area contributed by atoms with Crippen molar-refractivity contribution in [1.29, 1.82) is 0 Å². The van der Waals surface area contributed by atoms with E-state index in [1.807, 2.05) is 60.4 Å². The molecule has 0 saturated carbocycles. The van der Waals surface area contributed by atoms with Gasteiger partial charge in [0.05, 0.1) is 25.3 Å². The summed E-state index contributed by atoms with van der Waals surface area (Å²) in [6.45, 7) is 2.57. The Morgan fingerprint density at radius 2 is 1.90 bits per heavy atom. The van der Waals surface area contributed by atoms with E-state index < -0.39 is 0 Å². The first-order valence-corrected chi connectivity index (χ1v) is 10.3. The molecule has 2 fully saturated rings. The summed E-state index contributed by atoms with van der Waals surface area (Å²) in [7, 11) is 1.62. The fraction of sp³-hybridized carbons (Fsp3) is 0.280. The van der Waals surface area contributed by atoms with Crippen LogP contribution >= 0.6 is 0 Å². The molecule has 0 aromatic heterocycles. The molecule has 0 unspecified atom stereocenters. The topological polar surface area (TPSA) is 49.9 Å². The molecule has 3 aromatic carbocycles. The summed E-state index contributed by atoms with van der Waals surface area (Å²) in [5.41, 5.74) is 2.88. The number of rotatable bonds is 4. The van der Waals surface area contributed by atoms with E-state index in [1.54, 1.807) is 12.0 Å². The average Bonchev–Trinajstić information content (AvgIpc) is 3.32. The van der Waals surface area contributed by atoms with Crippen molar-refractivity contribution in [3.63, 3.8) is 0 Å². The molecule has 2 amide bonds. The molecule has 3 aromatic rings. The van der Waals surface area contributed by atoms with Crippen LogP contribution in [0.2, 0.25) is 0 Å². The Labute approximate surface area is 175 Å². The number of piperazine rings is 1. The van der Waals surface area contributed by atoms with E-state index in [0.717, 1.165) is 27.6 Å². The molecule has 2 heterocycles. The van der Waals surface area contributed by atoms with Gasteiger partial charge in [0.25, 0.3) is 0 Å². The second-order valence-corrected chi connectivity index (χ2v) is 8.15. The molecule has 0 aliphatic carbocycles. The molecule has 30 heavy (non-hydrogen) atoms. The SMILES string of the molecule is COc1ccc(C)cc1N1C(=O)[C@@H]2C[C@H]1CN2C(=O)Cc1cccc2ccccc12. The Morgan fingerprint density at radius 3 is 2.70 bits per heavy atom. The van der Waals surface area contributed by atoms with E-state index in [2.05, 4.69) is 12.1 Å². The number of likely N-dealkylation sites (tertiary alicyclic amines) is 1. The molecule has 2 aliphatic rings. The third kappa shape index (κ3) is 2.93. The van der Waals surface area contributed by atoms with Gasteiger partial charge >= 0.3 is 0 Å². The smallest absolute Gasteiger partial charge is 0.250 e. The van der Waals surface area contributed by atoms with Gasteiger partial charge in [0.2, 0.25) is 11.8 Å². The quantitative estimate of drug-likeness (QED) is 0.671. The summed E-state index contributed by atoms with van der Waals surface area (Å²) >= 11 is 0. The van der Waals surface area contributed by atoms with E-state index >= 15 is 0 Å². The van der Waals surface area contributed by atoms with Crippen molar-refractivity contribution in [3.05, 3.63) is 71.8 Å². The summed E-state index contributed by atoms with van der Waals surface area (Å²) in [5, 5.41) is 2.22. The number of carbonyl (C=O) groups excluding carboxylic acids is 2. The average molecular weight is 400 g/mol. The fourth-order valence-electron chi connectivity index (χ4n) is 4.87. The number of ether oxygens (including phenoxy) is 1. The highest BCUT2D eigenvalue weighted by molar-refractivity contribution is 6.05. The number of fused-ring (bicyclic) bond motifs is 3. The van der Waals surface area contributed by atoms with Crippen molar-refractivity contribution in [3.8, 4) is 5.75 Å². The zero-order chi connectivity index (χ0) is 20.8. The Kier molecular flexibility index (Phi) is 4.46. The van der Waals surface area contributed by atoms with Crippen molar-refractivity contribution >= 4 is 28.3 Å². The number of carbonyl (C=O) groups is 2. The molecule has 0 spiro atoms. The third-order valence-electron chi connectivity index (χ3n) is 6.30. The fourth-order valence-corrected chi connectivity index (χ4v) is 4.87. The minimum absolute atomic E-state index is 0.00494. The Balaban J connectivity index is 1.38. The molecule has 2 bridgehead atoms. The lowest BCUT2D eigenvalue weighted by atomic mass is 10.0. The van der Waals surface area contributed by atoms with Crippen molar-refractivity contribution in [2.24, 2.45) is 0 Å². The maximum Gasteiger partial charge on any atom is 0.250 e.